The van der Waals surface area contributed by atoms with Crippen LogP contribution in [0.1, 0.15) is 92.8 Å². The molecule has 78 heavy (non-hydrogen) atoms. The van der Waals surface area contributed by atoms with E-state index in [1.807, 2.05) is 0 Å². The number of benzene rings is 4. The van der Waals surface area contributed by atoms with E-state index in [9.17, 15) is 81.5 Å². The average Bonchev–Trinajstić information content (AvgIpc) is 3.03. The maximum atomic E-state index is 13.9. The van der Waals surface area contributed by atoms with Crippen molar-refractivity contribution in [2.75, 3.05) is 26.4 Å². The number of Topliss-reactive ketones (excluding diaryl/α,β-unsaturated/α-hetero) is 2. The smallest absolute Gasteiger partial charge is 0.257 e. The Morgan fingerprint density at radius 2 is 0.551 bits per heavy atom. The van der Waals surface area contributed by atoms with Crippen molar-refractivity contribution in [2.45, 2.75) is 11.6 Å². The first-order valence-electron chi connectivity index (χ1n) is 22.0. The molecule has 10 nitrogen and oxygen atoms in total. The normalized spacial score (nSPS) is 15.5. The minimum Gasteiger partial charge on any atom is -0.339 e. The first-order valence-corrected chi connectivity index (χ1v) is 25.3. The van der Waals surface area contributed by atoms with Gasteiger partial charge in [0, 0.05) is 44.5 Å². The van der Waals surface area contributed by atoms with Crippen molar-refractivity contribution in [2.24, 2.45) is 0 Å². The molecule has 6 heterocycles. The zero-order chi connectivity index (χ0) is 55.6. The van der Waals surface area contributed by atoms with Crippen LogP contribution in [0.15, 0.2) is 72.8 Å². The van der Waals surface area contributed by atoms with Crippen molar-refractivity contribution in [1.82, 2.24) is 0 Å². The number of thiophene rings is 4. The monoisotopic (exact) mass is 1160 g/mol. The van der Waals surface area contributed by atoms with Gasteiger partial charge < -0.3 is 18.9 Å². The lowest BCUT2D eigenvalue weighted by molar-refractivity contribution is -0.365. The highest BCUT2D eigenvalue weighted by atomic mass is 32.1. The zero-order valence-corrected chi connectivity index (χ0v) is 41.3. The molecule has 26 heteroatoms. The maximum Gasteiger partial charge on any atom is 0.257 e. The number of fused-ring (bicyclic) bond motifs is 9. The molecular weight excluding hydrogens is 1140 g/mol. The highest BCUT2D eigenvalue weighted by Crippen LogP contribution is 2.63. The Kier molecular flexibility index (Phi) is 13.0. The van der Waals surface area contributed by atoms with Gasteiger partial charge in [0.05, 0.1) is 65.4 Å². The Labute approximate surface area is 442 Å². The lowest BCUT2D eigenvalue weighted by Crippen LogP contribution is -2.53. The molecule has 2 saturated heterocycles. The zero-order valence-electron chi connectivity index (χ0n) is 38.0. The molecule has 4 aromatic heterocycles. The SMILES string of the molecule is O=C(c1cc(F)c(F)c(F)c1)c1cc2c(s1)-c1sc(C(=O)c3cc(F)c(F)c(F)c3)cc1C(=O)C2=O.O=C(c1cc(F)c(F)c(F)c1)c1cc2c(s1)-c1sc(C(=O)c3cc(F)c(F)c(F)c3)cc1C1(OCCO1)C21OCCO1. The van der Waals surface area contributed by atoms with Gasteiger partial charge in [-0.05, 0) is 72.8 Å². The van der Waals surface area contributed by atoms with Gasteiger partial charge in [-0.2, -0.15) is 0 Å². The van der Waals surface area contributed by atoms with E-state index < -0.39 is 138 Å². The molecule has 0 unspecified atom stereocenters. The summed E-state index contributed by atoms with van der Waals surface area (Å²) >= 11 is 3.19. The third-order valence-electron chi connectivity index (χ3n) is 12.4. The van der Waals surface area contributed by atoms with Crippen molar-refractivity contribution < 1.29 is 100 Å². The summed E-state index contributed by atoms with van der Waals surface area (Å²) < 4.78 is 188. The summed E-state index contributed by atoms with van der Waals surface area (Å²) in [7, 11) is 0. The molecule has 0 amide bonds. The number of carbonyl (C=O) groups excluding carboxylic acids is 6. The van der Waals surface area contributed by atoms with Crippen molar-refractivity contribution in [3.05, 3.63) is 207 Å². The Hall–Kier alpha value is -7.30. The second-order valence-electron chi connectivity index (χ2n) is 17.0. The minimum absolute atomic E-state index is 0.0196. The number of ketones is 6. The largest absolute Gasteiger partial charge is 0.339 e. The van der Waals surface area contributed by atoms with Crippen LogP contribution in [0.5, 0.6) is 0 Å². The van der Waals surface area contributed by atoms with Crippen LogP contribution in [0, 0.1) is 69.8 Å². The van der Waals surface area contributed by atoms with Crippen LogP contribution in [-0.4, -0.2) is 61.1 Å². The van der Waals surface area contributed by atoms with Crippen LogP contribution in [0.4, 0.5) is 52.7 Å². The maximum absolute atomic E-state index is 13.9. The van der Waals surface area contributed by atoms with E-state index in [2.05, 4.69) is 0 Å². The third-order valence-corrected chi connectivity index (χ3v) is 17.3. The van der Waals surface area contributed by atoms with Gasteiger partial charge in [0.1, 0.15) is 0 Å². The van der Waals surface area contributed by atoms with Crippen molar-refractivity contribution >= 4 is 80.0 Å². The molecule has 2 spiro atoms. The fourth-order valence-electron chi connectivity index (χ4n) is 8.94. The summed E-state index contributed by atoms with van der Waals surface area (Å²) in [6.07, 6.45) is 0. The Morgan fingerprint density at radius 1 is 0.333 bits per heavy atom. The van der Waals surface area contributed by atoms with Crippen LogP contribution in [0.2, 0.25) is 0 Å². The molecule has 0 atom stereocenters. The van der Waals surface area contributed by atoms with Gasteiger partial charge in [-0.3, -0.25) is 28.8 Å². The first-order chi connectivity index (χ1) is 37.0. The van der Waals surface area contributed by atoms with E-state index in [0.29, 0.717) is 81.0 Å². The Balaban J connectivity index is 0.000000168. The molecule has 12 rings (SSSR count). The summed E-state index contributed by atoms with van der Waals surface area (Å²) in [6.45, 7) is 0.392. The van der Waals surface area contributed by atoms with E-state index in [1.165, 1.54) is 12.1 Å². The van der Waals surface area contributed by atoms with Gasteiger partial charge in [0.25, 0.3) is 11.6 Å². The molecule has 0 radical (unpaired) electrons. The highest BCUT2D eigenvalue weighted by Gasteiger charge is 2.68. The quantitative estimate of drug-likeness (QED) is 0.0625. The van der Waals surface area contributed by atoms with Crippen LogP contribution in [0.25, 0.3) is 19.5 Å². The standard InChI is InChI=1S/C28H14F6O6S2.C24H6F6O4S2/c29-15-5-11(6-16(30)21(15)33)23(35)19-9-13-25(41-19)26-14(28(39-3-4-40-28)27(13)37-1-2-38-27)10-20(42-26)24(36)12-7-17(31)22(34)18(32)8-12;25-11-1-7(2-12(26)17(11)29)19(31)15-5-9-21(33)22(34)10-6-16(36-24(10)23(9)35-15)20(32)8-3-13(27)18(30)14(28)4-8/h5-10H,1-4H2;1-6H. The molecule has 0 N–H and O–H groups in total. The van der Waals surface area contributed by atoms with Crippen molar-refractivity contribution in [1.29, 1.82) is 0 Å². The second kappa shape index (κ2) is 19.3. The Bertz CT molecular complexity index is 3670. The van der Waals surface area contributed by atoms with E-state index in [-0.39, 0.29) is 77.9 Å². The molecule has 2 aliphatic heterocycles. The Morgan fingerprint density at radius 3 is 0.795 bits per heavy atom. The van der Waals surface area contributed by atoms with Crippen LogP contribution >= 0.6 is 45.3 Å². The number of halogens is 12. The van der Waals surface area contributed by atoms with Crippen LogP contribution in [0.3, 0.4) is 0 Å². The van der Waals surface area contributed by atoms with E-state index >= 15 is 0 Å². The first kappa shape index (κ1) is 52.7. The lowest BCUT2D eigenvalue weighted by Gasteiger charge is -2.44. The third kappa shape index (κ3) is 8.22. The fraction of sp³-hybridized carbons (Fsp3) is 0.115. The van der Waals surface area contributed by atoms with Gasteiger partial charge in [0.15, 0.2) is 69.8 Å². The fourth-order valence-corrected chi connectivity index (χ4v) is 13.8. The number of ether oxygens (including phenoxy) is 4. The molecule has 0 bridgehead atoms. The minimum atomic E-state index is -1.76. The molecule has 2 aliphatic carbocycles. The van der Waals surface area contributed by atoms with Gasteiger partial charge in [-0.1, -0.05) is 0 Å². The molecule has 2 fully saturated rings. The molecule has 0 saturated carbocycles. The molecule has 8 aromatic rings. The lowest BCUT2D eigenvalue weighted by atomic mass is 9.84. The van der Waals surface area contributed by atoms with E-state index in [0.717, 1.165) is 34.8 Å². The topological polar surface area (TPSA) is 139 Å². The molecule has 4 aromatic carbocycles. The summed E-state index contributed by atoms with van der Waals surface area (Å²) in [5.41, 5.74) is -1.78. The van der Waals surface area contributed by atoms with Gasteiger partial charge in [0.2, 0.25) is 34.7 Å². The molecular formula is C52H20F12O10S4. The highest BCUT2D eigenvalue weighted by molar-refractivity contribution is 7.25. The van der Waals surface area contributed by atoms with Gasteiger partial charge >= 0.3 is 0 Å². The number of hydrogen-bond acceptors (Lipinski definition) is 14. The van der Waals surface area contributed by atoms with E-state index in [4.69, 9.17) is 18.9 Å². The van der Waals surface area contributed by atoms with Crippen LogP contribution in [-0.2, 0) is 30.5 Å². The van der Waals surface area contributed by atoms with Crippen LogP contribution < -0.4 is 0 Å². The second-order valence-corrected chi connectivity index (χ2v) is 21.2. The average molecular weight is 1160 g/mol. The molecule has 4 aliphatic rings. The number of rotatable bonds is 8. The predicted molar refractivity (Wildman–Crippen MR) is 250 cm³/mol. The van der Waals surface area contributed by atoms with E-state index in [1.54, 1.807) is 0 Å². The molecule has 396 valence electrons. The number of hydrogen-bond donors (Lipinski definition) is 0. The van der Waals surface area contributed by atoms with Gasteiger partial charge in [-0.25, -0.2) is 52.7 Å². The number of carbonyl (C=O) groups is 6. The summed E-state index contributed by atoms with van der Waals surface area (Å²) in [5, 5.41) is 0. The van der Waals surface area contributed by atoms with Gasteiger partial charge in [-0.15, -0.1) is 45.3 Å². The summed E-state index contributed by atoms with van der Waals surface area (Å²) in [6, 6.07) is 9.17. The summed E-state index contributed by atoms with van der Waals surface area (Å²) in [4.78, 5) is 78.1. The predicted octanol–water partition coefficient (Wildman–Crippen LogP) is 12.3. The van der Waals surface area contributed by atoms with Crippen molar-refractivity contribution in [3.63, 3.8) is 0 Å². The van der Waals surface area contributed by atoms with Crippen molar-refractivity contribution in [3.8, 4) is 19.5 Å². The summed E-state index contributed by atoms with van der Waals surface area (Å²) in [5.74, 6) is -28.6.